The molecule has 4 nitrogen and oxygen atoms in total. The molecule has 0 saturated heterocycles. The molecule has 2 saturated carbocycles. The van der Waals surface area contributed by atoms with Crippen LogP contribution < -0.4 is 0 Å². The van der Waals surface area contributed by atoms with Crippen molar-refractivity contribution in [1.82, 2.24) is 0 Å². The van der Waals surface area contributed by atoms with Gasteiger partial charge in [0.2, 0.25) is 0 Å². The molecular formula is C20H30O4. The molecule has 4 heteroatoms. The molecule has 3 rings (SSSR count). The fraction of sp³-hybridized carbons (Fsp3) is 0.800. The monoisotopic (exact) mass is 334 g/mol. The van der Waals surface area contributed by atoms with Crippen molar-refractivity contribution >= 4 is 11.8 Å². The molecule has 1 heterocycles. The summed E-state index contributed by atoms with van der Waals surface area (Å²) < 4.78 is 4.97. The van der Waals surface area contributed by atoms with Crippen LogP contribution in [0.5, 0.6) is 0 Å². The molecule has 1 aliphatic heterocycles. The van der Waals surface area contributed by atoms with E-state index in [9.17, 15) is 14.7 Å². The molecule has 0 unspecified atom stereocenters. The Kier molecular flexibility index (Phi) is 4.18. The van der Waals surface area contributed by atoms with Crippen LogP contribution in [-0.2, 0) is 14.3 Å². The molecule has 0 spiro atoms. The van der Waals surface area contributed by atoms with Gasteiger partial charge in [0.15, 0.2) is 0 Å². The highest BCUT2D eigenvalue weighted by Crippen LogP contribution is 2.62. The van der Waals surface area contributed by atoms with Crippen LogP contribution in [0, 0.1) is 22.7 Å². The summed E-state index contributed by atoms with van der Waals surface area (Å²) in [7, 11) is 0. The molecule has 3 aliphatic rings. The average molecular weight is 334 g/mol. The maximum Gasteiger partial charge on any atom is 0.331 e. The maximum atomic E-state index is 12.7. The van der Waals surface area contributed by atoms with Gasteiger partial charge in [-0.1, -0.05) is 34.1 Å². The van der Waals surface area contributed by atoms with Gasteiger partial charge in [-0.25, -0.2) is 4.79 Å². The van der Waals surface area contributed by atoms with E-state index in [-0.39, 0.29) is 34.4 Å². The number of rotatable bonds is 3. The Hall–Kier alpha value is -1.16. The summed E-state index contributed by atoms with van der Waals surface area (Å²) in [5.74, 6) is -0.260. The standard InChI is InChI=1S/C20H30O4/c1-13-15(21)11-16-18(2,3)7-5-8-19(16,4)20(13,23)9-6-14-10-17(22)24-12-14/h10,13,16,23H,5-9,11-12H2,1-4H3/t13-,16+,19+,20-/m1/s1. The van der Waals surface area contributed by atoms with E-state index in [1.807, 2.05) is 6.92 Å². The molecule has 134 valence electrons. The van der Waals surface area contributed by atoms with Gasteiger partial charge in [-0.2, -0.15) is 0 Å². The predicted octanol–water partition coefficient (Wildman–Crippen LogP) is 3.42. The van der Waals surface area contributed by atoms with Crippen LogP contribution in [0.25, 0.3) is 0 Å². The summed E-state index contributed by atoms with van der Waals surface area (Å²) in [6, 6.07) is 0. The Morgan fingerprint density at radius 3 is 2.58 bits per heavy atom. The third-order valence-electron chi connectivity index (χ3n) is 7.37. The summed E-state index contributed by atoms with van der Waals surface area (Å²) >= 11 is 0. The summed E-state index contributed by atoms with van der Waals surface area (Å²) in [5, 5.41) is 11.7. The minimum Gasteiger partial charge on any atom is -0.458 e. The first kappa shape index (κ1) is 17.7. The second-order valence-corrected chi connectivity index (χ2v) is 9.04. The number of ether oxygens (including phenoxy) is 1. The van der Waals surface area contributed by atoms with Gasteiger partial charge in [-0.15, -0.1) is 0 Å². The first-order chi connectivity index (χ1) is 11.1. The van der Waals surface area contributed by atoms with E-state index in [0.717, 1.165) is 24.8 Å². The topological polar surface area (TPSA) is 63.6 Å². The van der Waals surface area contributed by atoms with E-state index in [2.05, 4.69) is 20.8 Å². The SMILES string of the molecule is C[C@@H]1C(=O)C[C@H]2C(C)(C)CCC[C@]2(C)[C@@]1(O)CCC1=CC(=O)OC1. The lowest BCUT2D eigenvalue weighted by molar-refractivity contribution is -0.208. The third kappa shape index (κ3) is 2.54. The van der Waals surface area contributed by atoms with Crippen molar-refractivity contribution < 1.29 is 19.4 Å². The van der Waals surface area contributed by atoms with E-state index >= 15 is 0 Å². The zero-order chi connectivity index (χ0) is 17.8. The number of carbonyl (C=O) groups is 2. The van der Waals surface area contributed by atoms with Gasteiger partial charge in [0, 0.05) is 23.8 Å². The molecule has 2 fully saturated rings. The fourth-order valence-electron chi connectivity index (χ4n) is 5.69. The lowest BCUT2D eigenvalue weighted by Gasteiger charge is -2.62. The molecule has 0 radical (unpaired) electrons. The molecule has 0 aromatic rings. The van der Waals surface area contributed by atoms with Crippen molar-refractivity contribution in [2.45, 2.75) is 71.8 Å². The second-order valence-electron chi connectivity index (χ2n) is 9.04. The van der Waals surface area contributed by atoms with Crippen molar-refractivity contribution in [1.29, 1.82) is 0 Å². The van der Waals surface area contributed by atoms with Crippen molar-refractivity contribution in [2.24, 2.45) is 22.7 Å². The zero-order valence-electron chi connectivity index (χ0n) is 15.4. The van der Waals surface area contributed by atoms with Crippen LogP contribution in [0.1, 0.15) is 66.2 Å². The van der Waals surface area contributed by atoms with E-state index in [1.165, 1.54) is 6.08 Å². The van der Waals surface area contributed by atoms with Gasteiger partial charge in [0.05, 0.1) is 5.60 Å². The van der Waals surface area contributed by atoms with Crippen molar-refractivity contribution in [3.63, 3.8) is 0 Å². The van der Waals surface area contributed by atoms with E-state index in [4.69, 9.17) is 4.74 Å². The van der Waals surface area contributed by atoms with Crippen LogP contribution in [0.2, 0.25) is 0 Å². The highest BCUT2D eigenvalue weighted by atomic mass is 16.5. The number of ketones is 1. The van der Waals surface area contributed by atoms with Gasteiger partial charge in [0.25, 0.3) is 0 Å². The Morgan fingerprint density at radius 2 is 1.96 bits per heavy atom. The number of hydrogen-bond acceptors (Lipinski definition) is 4. The highest BCUT2D eigenvalue weighted by Gasteiger charge is 2.63. The van der Waals surface area contributed by atoms with Crippen LogP contribution in [-0.4, -0.2) is 29.1 Å². The van der Waals surface area contributed by atoms with Crippen molar-refractivity contribution in [3.8, 4) is 0 Å². The largest absolute Gasteiger partial charge is 0.458 e. The van der Waals surface area contributed by atoms with Crippen molar-refractivity contribution in [3.05, 3.63) is 11.6 Å². The van der Waals surface area contributed by atoms with Crippen LogP contribution >= 0.6 is 0 Å². The van der Waals surface area contributed by atoms with Crippen LogP contribution in [0.3, 0.4) is 0 Å². The first-order valence-electron chi connectivity index (χ1n) is 9.21. The molecule has 0 amide bonds. The normalized spacial score (nSPS) is 41.6. The Bertz CT molecular complexity index is 590. The summed E-state index contributed by atoms with van der Waals surface area (Å²) in [6.45, 7) is 8.88. The number of carbonyl (C=O) groups excluding carboxylic acids is 2. The van der Waals surface area contributed by atoms with Crippen LogP contribution in [0.4, 0.5) is 0 Å². The van der Waals surface area contributed by atoms with E-state index < -0.39 is 5.60 Å². The predicted molar refractivity (Wildman–Crippen MR) is 91.2 cm³/mol. The van der Waals surface area contributed by atoms with Crippen molar-refractivity contribution in [2.75, 3.05) is 6.61 Å². The molecule has 24 heavy (non-hydrogen) atoms. The van der Waals surface area contributed by atoms with Gasteiger partial charge in [-0.05, 0) is 42.6 Å². The number of cyclic esters (lactones) is 1. The van der Waals surface area contributed by atoms with Gasteiger partial charge in [-0.3, -0.25) is 4.79 Å². The van der Waals surface area contributed by atoms with Gasteiger partial charge < -0.3 is 9.84 Å². The third-order valence-corrected chi connectivity index (χ3v) is 7.37. The number of fused-ring (bicyclic) bond motifs is 1. The molecule has 0 bridgehead atoms. The quantitative estimate of drug-likeness (QED) is 0.803. The number of Topliss-reactive ketones (excluding diaryl/α,β-unsaturated/α-hetero) is 1. The molecule has 1 N–H and O–H groups in total. The van der Waals surface area contributed by atoms with E-state index in [1.54, 1.807) is 0 Å². The fourth-order valence-corrected chi connectivity index (χ4v) is 5.69. The summed E-state index contributed by atoms with van der Waals surface area (Å²) in [6.07, 6.45) is 6.41. The number of esters is 1. The smallest absolute Gasteiger partial charge is 0.331 e. The maximum absolute atomic E-state index is 12.7. The van der Waals surface area contributed by atoms with Gasteiger partial charge in [0.1, 0.15) is 12.4 Å². The molecule has 0 aromatic carbocycles. The molecular weight excluding hydrogens is 304 g/mol. The van der Waals surface area contributed by atoms with E-state index in [0.29, 0.717) is 25.9 Å². The summed E-state index contributed by atoms with van der Waals surface area (Å²) in [4.78, 5) is 24.0. The summed E-state index contributed by atoms with van der Waals surface area (Å²) in [5.41, 5.74) is -0.278. The second kappa shape index (κ2) is 5.69. The van der Waals surface area contributed by atoms with Gasteiger partial charge >= 0.3 is 5.97 Å². The molecule has 4 atom stereocenters. The highest BCUT2D eigenvalue weighted by molar-refractivity contribution is 5.85. The minimum atomic E-state index is -1.02. The average Bonchev–Trinajstić information content (AvgIpc) is 2.92. The van der Waals surface area contributed by atoms with Crippen LogP contribution in [0.15, 0.2) is 11.6 Å². The lowest BCUT2D eigenvalue weighted by atomic mass is 9.44. The molecule has 2 aliphatic carbocycles. The Morgan fingerprint density at radius 1 is 1.25 bits per heavy atom. The zero-order valence-corrected chi connectivity index (χ0v) is 15.4. The Balaban J connectivity index is 1.91. The lowest BCUT2D eigenvalue weighted by Crippen LogP contribution is -2.64. The number of hydrogen-bond donors (Lipinski definition) is 1. The first-order valence-corrected chi connectivity index (χ1v) is 9.21. The minimum absolute atomic E-state index is 0.0719. The Labute approximate surface area is 144 Å². The molecule has 0 aromatic heterocycles. The number of aliphatic hydroxyl groups is 1.